The van der Waals surface area contributed by atoms with E-state index in [1.165, 1.54) is 0 Å². The standard InChI is InChI=1S/C13H12ClNO4/c14-11(8-4-2-1-3-5-8)12(17)15-9(13(18)19)6-7-10(15)16/h1-5,9,11H,6-7H2,(H,18,19)/t9-,11-/m0/s1. The normalized spacial score (nSPS) is 20.4. The fourth-order valence-electron chi connectivity index (χ4n) is 2.08. The molecule has 1 aliphatic rings. The summed E-state index contributed by atoms with van der Waals surface area (Å²) >= 11 is 6.04. The van der Waals surface area contributed by atoms with Gasteiger partial charge in [-0.1, -0.05) is 30.3 Å². The number of halogens is 1. The van der Waals surface area contributed by atoms with Crippen molar-refractivity contribution in [2.45, 2.75) is 24.3 Å². The highest BCUT2D eigenvalue weighted by molar-refractivity contribution is 6.32. The molecule has 19 heavy (non-hydrogen) atoms. The topological polar surface area (TPSA) is 74.7 Å². The molecule has 1 heterocycles. The van der Waals surface area contributed by atoms with Gasteiger partial charge in [-0.15, -0.1) is 11.6 Å². The van der Waals surface area contributed by atoms with Gasteiger partial charge in [0.15, 0.2) is 0 Å². The average molecular weight is 282 g/mol. The Balaban J connectivity index is 2.23. The maximum atomic E-state index is 12.2. The third-order valence-electron chi connectivity index (χ3n) is 3.04. The summed E-state index contributed by atoms with van der Waals surface area (Å²) in [4.78, 5) is 35.6. The lowest BCUT2D eigenvalue weighted by Gasteiger charge is -2.22. The zero-order chi connectivity index (χ0) is 14.0. The van der Waals surface area contributed by atoms with E-state index in [-0.39, 0.29) is 12.8 Å². The molecule has 6 heteroatoms. The quantitative estimate of drug-likeness (QED) is 0.854. The molecular weight excluding hydrogens is 270 g/mol. The van der Waals surface area contributed by atoms with E-state index >= 15 is 0 Å². The van der Waals surface area contributed by atoms with E-state index in [0.29, 0.717) is 5.56 Å². The number of hydrogen-bond acceptors (Lipinski definition) is 3. The van der Waals surface area contributed by atoms with Gasteiger partial charge in [0.05, 0.1) is 0 Å². The minimum Gasteiger partial charge on any atom is -0.480 e. The van der Waals surface area contributed by atoms with Gasteiger partial charge in [0.25, 0.3) is 5.91 Å². The second-order valence-electron chi connectivity index (χ2n) is 4.27. The van der Waals surface area contributed by atoms with Crippen LogP contribution in [0.4, 0.5) is 0 Å². The SMILES string of the molecule is O=C(O)[C@@H]1CCC(=O)N1C(=O)[C@@H](Cl)c1ccccc1. The number of benzene rings is 1. The number of carbonyl (C=O) groups is 3. The molecule has 0 aromatic heterocycles. The van der Waals surface area contributed by atoms with Crippen molar-refractivity contribution >= 4 is 29.4 Å². The second kappa shape index (κ2) is 5.40. The fourth-order valence-corrected chi connectivity index (χ4v) is 2.33. The zero-order valence-corrected chi connectivity index (χ0v) is 10.7. The predicted molar refractivity (Wildman–Crippen MR) is 67.5 cm³/mol. The van der Waals surface area contributed by atoms with Crippen LogP contribution >= 0.6 is 11.6 Å². The number of rotatable bonds is 3. The first-order chi connectivity index (χ1) is 9.02. The molecule has 0 bridgehead atoms. The molecule has 0 spiro atoms. The van der Waals surface area contributed by atoms with E-state index in [4.69, 9.17) is 16.7 Å². The molecule has 1 aromatic carbocycles. The molecule has 100 valence electrons. The number of amides is 2. The molecule has 0 unspecified atom stereocenters. The van der Waals surface area contributed by atoms with E-state index in [1.807, 2.05) is 0 Å². The molecule has 0 radical (unpaired) electrons. The number of likely N-dealkylation sites (tertiary alicyclic amines) is 1. The number of aliphatic carboxylic acids is 1. The predicted octanol–water partition coefficient (Wildman–Crippen LogP) is 1.57. The van der Waals surface area contributed by atoms with Gasteiger partial charge in [-0.25, -0.2) is 4.79 Å². The number of carboxylic acids is 1. The van der Waals surface area contributed by atoms with Crippen molar-refractivity contribution in [2.24, 2.45) is 0 Å². The van der Waals surface area contributed by atoms with Crippen molar-refractivity contribution in [1.29, 1.82) is 0 Å². The molecule has 1 saturated heterocycles. The largest absolute Gasteiger partial charge is 0.480 e. The lowest BCUT2D eigenvalue weighted by molar-refractivity contribution is -0.153. The second-order valence-corrected chi connectivity index (χ2v) is 4.70. The average Bonchev–Trinajstić information content (AvgIpc) is 2.80. The Kier molecular flexibility index (Phi) is 3.85. The smallest absolute Gasteiger partial charge is 0.326 e. The maximum absolute atomic E-state index is 12.2. The zero-order valence-electron chi connectivity index (χ0n) is 9.95. The lowest BCUT2D eigenvalue weighted by atomic mass is 10.1. The number of carbonyl (C=O) groups excluding carboxylic acids is 2. The highest BCUT2D eigenvalue weighted by Crippen LogP contribution is 2.28. The molecular formula is C13H12ClNO4. The van der Waals surface area contributed by atoms with Crippen LogP contribution in [0.3, 0.4) is 0 Å². The minimum absolute atomic E-state index is 0.0567. The molecule has 5 nitrogen and oxygen atoms in total. The monoisotopic (exact) mass is 281 g/mol. The number of carboxylic acid groups (broad SMARTS) is 1. The molecule has 2 amide bonds. The summed E-state index contributed by atoms with van der Waals surface area (Å²) in [5.41, 5.74) is 0.540. The van der Waals surface area contributed by atoms with Gasteiger partial charge in [0.1, 0.15) is 11.4 Å². The molecule has 2 atom stereocenters. The van der Waals surface area contributed by atoms with Gasteiger partial charge in [-0.3, -0.25) is 14.5 Å². The first-order valence-corrected chi connectivity index (χ1v) is 6.23. The first kappa shape index (κ1) is 13.5. The molecule has 0 saturated carbocycles. The first-order valence-electron chi connectivity index (χ1n) is 5.80. The van der Waals surface area contributed by atoms with Crippen LogP contribution in [-0.4, -0.2) is 33.8 Å². The van der Waals surface area contributed by atoms with Crippen LogP contribution in [0.25, 0.3) is 0 Å². The van der Waals surface area contributed by atoms with Gasteiger partial charge in [-0.2, -0.15) is 0 Å². The Labute approximate surface area is 114 Å². The third-order valence-corrected chi connectivity index (χ3v) is 3.48. The van der Waals surface area contributed by atoms with Crippen molar-refractivity contribution in [3.63, 3.8) is 0 Å². The summed E-state index contributed by atoms with van der Waals surface area (Å²) in [5, 5.41) is 7.96. The van der Waals surface area contributed by atoms with Gasteiger partial charge < -0.3 is 5.11 Å². The summed E-state index contributed by atoms with van der Waals surface area (Å²) < 4.78 is 0. The Morgan fingerprint density at radius 3 is 2.53 bits per heavy atom. The number of alkyl halides is 1. The summed E-state index contributed by atoms with van der Waals surface area (Å²) in [7, 11) is 0. The van der Waals surface area contributed by atoms with Crippen molar-refractivity contribution in [1.82, 2.24) is 4.90 Å². The number of hydrogen-bond donors (Lipinski definition) is 1. The summed E-state index contributed by atoms with van der Waals surface area (Å²) in [5.74, 6) is -2.35. The van der Waals surface area contributed by atoms with E-state index < -0.39 is 29.2 Å². The van der Waals surface area contributed by atoms with Crippen LogP contribution in [0, 0.1) is 0 Å². The molecule has 1 aliphatic heterocycles. The summed E-state index contributed by atoms with van der Waals surface area (Å²) in [6.45, 7) is 0. The van der Waals surface area contributed by atoms with Crippen LogP contribution in [0.2, 0.25) is 0 Å². The van der Waals surface area contributed by atoms with Crippen molar-refractivity contribution in [2.75, 3.05) is 0 Å². The molecule has 1 aromatic rings. The minimum atomic E-state index is -1.18. The van der Waals surface area contributed by atoms with Crippen LogP contribution < -0.4 is 0 Å². The molecule has 1 N–H and O–H groups in total. The van der Waals surface area contributed by atoms with E-state index in [9.17, 15) is 14.4 Å². The summed E-state index contributed by atoms with van der Waals surface area (Å²) in [6.07, 6.45) is 0.194. The Morgan fingerprint density at radius 2 is 1.95 bits per heavy atom. The van der Waals surface area contributed by atoms with Gasteiger partial charge in [-0.05, 0) is 12.0 Å². The molecule has 0 aliphatic carbocycles. The summed E-state index contributed by atoms with van der Waals surface area (Å²) in [6, 6.07) is 7.43. The van der Waals surface area contributed by atoms with Crippen molar-refractivity contribution in [3.05, 3.63) is 35.9 Å². The van der Waals surface area contributed by atoms with Gasteiger partial charge in [0, 0.05) is 6.42 Å². The highest BCUT2D eigenvalue weighted by atomic mass is 35.5. The lowest BCUT2D eigenvalue weighted by Crippen LogP contribution is -2.44. The Bertz CT molecular complexity index is 517. The van der Waals surface area contributed by atoms with Gasteiger partial charge >= 0.3 is 5.97 Å². The number of imide groups is 1. The van der Waals surface area contributed by atoms with Crippen molar-refractivity contribution < 1.29 is 19.5 Å². The highest BCUT2D eigenvalue weighted by Gasteiger charge is 2.42. The van der Waals surface area contributed by atoms with E-state index in [2.05, 4.69) is 0 Å². The van der Waals surface area contributed by atoms with Crippen molar-refractivity contribution in [3.8, 4) is 0 Å². The molecule has 2 rings (SSSR count). The maximum Gasteiger partial charge on any atom is 0.326 e. The third kappa shape index (κ3) is 2.61. The van der Waals surface area contributed by atoms with E-state index in [1.54, 1.807) is 30.3 Å². The Morgan fingerprint density at radius 1 is 1.32 bits per heavy atom. The Hall–Kier alpha value is -1.88. The molecule has 1 fully saturated rings. The number of nitrogens with zero attached hydrogens (tertiary/aromatic N) is 1. The van der Waals surface area contributed by atoms with Crippen LogP contribution in [0.15, 0.2) is 30.3 Å². The van der Waals surface area contributed by atoms with Crippen LogP contribution in [0.5, 0.6) is 0 Å². The van der Waals surface area contributed by atoms with E-state index in [0.717, 1.165) is 4.90 Å². The van der Waals surface area contributed by atoms with Crippen LogP contribution in [-0.2, 0) is 14.4 Å². The van der Waals surface area contributed by atoms with Gasteiger partial charge in [0.2, 0.25) is 5.91 Å². The van der Waals surface area contributed by atoms with Crippen LogP contribution in [0.1, 0.15) is 23.8 Å². The fraction of sp³-hybridized carbons (Fsp3) is 0.308.